The van der Waals surface area contributed by atoms with E-state index in [0.717, 1.165) is 5.57 Å². The van der Waals surface area contributed by atoms with E-state index < -0.39 is 15.0 Å². The van der Waals surface area contributed by atoms with E-state index in [4.69, 9.17) is 9.16 Å². The first kappa shape index (κ1) is 26.5. The van der Waals surface area contributed by atoms with Crippen LogP contribution in [0.1, 0.15) is 40.5 Å². The van der Waals surface area contributed by atoms with Crippen molar-refractivity contribution in [2.45, 2.75) is 59.7 Å². The molecule has 9 heteroatoms. The number of hydrogen-bond acceptors (Lipinski definition) is 5. The molecule has 3 rings (SSSR count). The topological polar surface area (TPSA) is 96.4 Å². The lowest BCUT2D eigenvalue weighted by atomic mass is 9.64. The molecule has 0 aromatic heterocycles. The molecule has 2 amide bonds. The second kappa shape index (κ2) is 10.2. The smallest absolute Gasteiger partial charge is 0.410 e. The Bertz CT molecular complexity index is 856. The molecule has 1 N–H and O–H groups in total. The van der Waals surface area contributed by atoms with Crippen LogP contribution in [0, 0.1) is 29.1 Å². The first-order valence-corrected chi connectivity index (χ1v) is 15.1. The zero-order valence-corrected chi connectivity index (χ0v) is 22.5. The minimum absolute atomic E-state index is 0.0227. The number of aliphatic carboxylic acids is 1. The highest BCUT2D eigenvalue weighted by Crippen LogP contribution is 2.54. The summed E-state index contributed by atoms with van der Waals surface area (Å²) >= 11 is 0. The van der Waals surface area contributed by atoms with Crippen molar-refractivity contribution in [2.24, 2.45) is 29.1 Å². The Balaban J connectivity index is 1.81. The summed E-state index contributed by atoms with van der Waals surface area (Å²) in [6.45, 7) is 18.0. The van der Waals surface area contributed by atoms with Crippen LogP contribution in [0.2, 0.25) is 13.1 Å². The number of ether oxygens (including phenoxy) is 1. The van der Waals surface area contributed by atoms with Crippen LogP contribution in [-0.2, 0) is 18.8 Å². The fourth-order valence-corrected chi connectivity index (χ4v) is 6.44. The summed E-state index contributed by atoms with van der Waals surface area (Å²) in [5.74, 6) is -1.38. The third-order valence-electron chi connectivity index (χ3n) is 7.58. The third-order valence-corrected chi connectivity index (χ3v) is 8.44. The van der Waals surface area contributed by atoms with E-state index in [1.807, 2.05) is 0 Å². The van der Waals surface area contributed by atoms with Crippen molar-refractivity contribution in [1.82, 2.24) is 9.80 Å². The summed E-state index contributed by atoms with van der Waals surface area (Å²) in [5.41, 5.74) is 0.885. The van der Waals surface area contributed by atoms with Crippen molar-refractivity contribution in [2.75, 3.05) is 26.3 Å². The zero-order valence-electron chi connectivity index (χ0n) is 21.4. The second-order valence-corrected chi connectivity index (χ2v) is 13.5. The van der Waals surface area contributed by atoms with Crippen LogP contribution in [0.3, 0.4) is 0 Å². The number of piperidine rings is 1. The van der Waals surface area contributed by atoms with Gasteiger partial charge in [0.25, 0.3) is 0 Å². The quantitative estimate of drug-likeness (QED) is 0.316. The lowest BCUT2D eigenvalue weighted by Gasteiger charge is -2.52. The van der Waals surface area contributed by atoms with Crippen molar-refractivity contribution in [3.8, 4) is 0 Å². The Labute approximate surface area is 204 Å². The largest absolute Gasteiger partial charge is 0.477 e. The van der Waals surface area contributed by atoms with E-state index in [9.17, 15) is 19.5 Å². The predicted octanol–water partition coefficient (Wildman–Crippen LogP) is 3.50. The molecular weight excluding hydrogens is 452 g/mol. The minimum atomic E-state index is -1.26. The lowest BCUT2D eigenvalue weighted by Crippen LogP contribution is -2.64. The molecule has 3 aliphatic rings. The molecule has 0 spiro atoms. The minimum Gasteiger partial charge on any atom is -0.477 e. The van der Waals surface area contributed by atoms with Gasteiger partial charge in [0.15, 0.2) is 9.04 Å². The Hall–Kier alpha value is -2.13. The maximum Gasteiger partial charge on any atom is 0.410 e. The van der Waals surface area contributed by atoms with Crippen molar-refractivity contribution in [1.29, 1.82) is 0 Å². The van der Waals surface area contributed by atoms with E-state index in [0.29, 0.717) is 32.5 Å². The molecule has 0 saturated carbocycles. The standard InChI is InChI=1S/C25H40N2O6Si/c1-8-13-32-24(31)26-11-9-16(10-12-26)18-15(2)20-19(22(28)27(20)21(18)23(29)30)17(25(3,4)5)14-33-34(6)7/h8,15-17,19-20,34H,1,9-14H2,2-7H3,(H,29,30)/t15?,17-,19+,20-/m1/s1. The van der Waals surface area contributed by atoms with Crippen LogP contribution in [0.4, 0.5) is 4.79 Å². The van der Waals surface area contributed by atoms with Crippen molar-refractivity contribution in [3.63, 3.8) is 0 Å². The first-order chi connectivity index (χ1) is 15.9. The fourth-order valence-electron chi connectivity index (χ4n) is 5.85. The van der Waals surface area contributed by atoms with Crippen molar-refractivity contribution in [3.05, 3.63) is 23.9 Å². The van der Waals surface area contributed by atoms with Gasteiger partial charge >= 0.3 is 12.1 Å². The maximum atomic E-state index is 13.4. The number of carbonyl (C=O) groups is 3. The average molecular weight is 493 g/mol. The highest BCUT2D eigenvalue weighted by atomic mass is 28.3. The van der Waals surface area contributed by atoms with E-state index in [1.165, 1.54) is 6.08 Å². The number of hydrogen-bond donors (Lipinski definition) is 1. The number of amides is 2. The second-order valence-electron chi connectivity index (χ2n) is 11.1. The van der Waals surface area contributed by atoms with Gasteiger partial charge in [-0.1, -0.05) is 40.3 Å². The molecular formula is C25H40N2O6Si. The molecule has 0 aromatic rings. The van der Waals surface area contributed by atoms with Gasteiger partial charge < -0.3 is 24.1 Å². The molecule has 0 aliphatic carbocycles. The first-order valence-electron chi connectivity index (χ1n) is 12.3. The number of carboxylic acids is 1. The van der Waals surface area contributed by atoms with E-state index >= 15 is 0 Å². The zero-order chi connectivity index (χ0) is 25.4. The number of fused-ring (bicyclic) bond motifs is 1. The summed E-state index contributed by atoms with van der Waals surface area (Å²) in [5, 5.41) is 10.1. The molecule has 3 aliphatic heterocycles. The summed E-state index contributed by atoms with van der Waals surface area (Å²) in [6.07, 6.45) is 2.48. The molecule has 0 aromatic carbocycles. The number of carboxylic acid groups (broad SMARTS) is 1. The van der Waals surface area contributed by atoms with Gasteiger partial charge in [-0.25, -0.2) is 9.59 Å². The van der Waals surface area contributed by atoms with Gasteiger partial charge in [-0.05, 0) is 48.8 Å². The van der Waals surface area contributed by atoms with Crippen molar-refractivity contribution < 1.29 is 28.7 Å². The normalized spacial score (nSPS) is 26.4. The van der Waals surface area contributed by atoms with Crippen molar-refractivity contribution >= 4 is 27.0 Å². The van der Waals surface area contributed by atoms with Crippen LogP contribution in [0.25, 0.3) is 0 Å². The predicted molar refractivity (Wildman–Crippen MR) is 132 cm³/mol. The molecule has 0 bridgehead atoms. The lowest BCUT2D eigenvalue weighted by molar-refractivity contribution is -0.164. The fraction of sp³-hybridized carbons (Fsp3) is 0.720. The molecule has 8 nitrogen and oxygen atoms in total. The highest BCUT2D eigenvalue weighted by Gasteiger charge is 2.62. The van der Waals surface area contributed by atoms with Crippen LogP contribution < -0.4 is 0 Å². The molecule has 1 unspecified atom stereocenters. The Morgan fingerprint density at radius 2 is 1.88 bits per heavy atom. The van der Waals surface area contributed by atoms with E-state index in [-0.39, 0.29) is 59.4 Å². The Morgan fingerprint density at radius 3 is 2.38 bits per heavy atom. The molecule has 3 heterocycles. The van der Waals surface area contributed by atoms with Gasteiger partial charge in [-0.3, -0.25) is 4.79 Å². The highest BCUT2D eigenvalue weighted by molar-refractivity contribution is 6.48. The third kappa shape index (κ3) is 4.96. The van der Waals surface area contributed by atoms with Gasteiger partial charge in [-0.15, -0.1) is 0 Å². The average Bonchev–Trinajstić information content (AvgIpc) is 3.03. The summed E-state index contributed by atoms with van der Waals surface area (Å²) in [7, 11) is -1.26. The number of rotatable bonds is 8. The molecule has 2 saturated heterocycles. The van der Waals surface area contributed by atoms with Crippen LogP contribution >= 0.6 is 0 Å². The van der Waals surface area contributed by atoms with E-state index in [2.05, 4.69) is 47.4 Å². The molecule has 4 atom stereocenters. The number of likely N-dealkylation sites (tertiary alicyclic amines) is 1. The molecule has 0 radical (unpaired) electrons. The maximum absolute atomic E-state index is 13.4. The van der Waals surface area contributed by atoms with Gasteiger partial charge in [-0.2, -0.15) is 0 Å². The summed E-state index contributed by atoms with van der Waals surface area (Å²) in [6, 6.07) is -0.147. The Kier molecular flexibility index (Phi) is 7.97. The van der Waals surface area contributed by atoms with Gasteiger partial charge in [0.05, 0.1) is 12.0 Å². The SMILES string of the molecule is C=CCOC(=O)N1CCC(C2=C(C(=O)O)N3C(=O)[C@@H]([C@@H](CO[SiH](C)C)C(C)(C)C)[C@H]3C2C)CC1. The van der Waals surface area contributed by atoms with E-state index in [1.54, 1.807) is 9.80 Å². The molecule has 2 fully saturated rings. The summed E-state index contributed by atoms with van der Waals surface area (Å²) in [4.78, 5) is 41.2. The number of β-lactam (4-membered cyclic amide) rings is 1. The monoisotopic (exact) mass is 492 g/mol. The number of carbonyl (C=O) groups excluding carboxylic acids is 2. The van der Waals surface area contributed by atoms with Crippen LogP contribution in [-0.4, -0.2) is 74.3 Å². The molecule has 34 heavy (non-hydrogen) atoms. The van der Waals surface area contributed by atoms with Gasteiger partial charge in [0.2, 0.25) is 5.91 Å². The van der Waals surface area contributed by atoms with Crippen LogP contribution in [0.5, 0.6) is 0 Å². The number of nitrogens with zero attached hydrogens (tertiary/aromatic N) is 2. The molecule has 190 valence electrons. The van der Waals surface area contributed by atoms with Gasteiger partial charge in [0.1, 0.15) is 12.3 Å². The van der Waals surface area contributed by atoms with Gasteiger partial charge in [0, 0.05) is 25.6 Å². The summed E-state index contributed by atoms with van der Waals surface area (Å²) < 4.78 is 11.2. The van der Waals surface area contributed by atoms with Crippen LogP contribution in [0.15, 0.2) is 23.9 Å². The Morgan fingerprint density at radius 1 is 1.26 bits per heavy atom.